The van der Waals surface area contributed by atoms with Crippen LogP contribution >= 0.6 is 0 Å². The summed E-state index contributed by atoms with van der Waals surface area (Å²) in [5.74, 6) is -0.426. The smallest absolute Gasteiger partial charge is 0.278 e. The van der Waals surface area contributed by atoms with E-state index in [1.54, 1.807) is 6.20 Å². The van der Waals surface area contributed by atoms with Gasteiger partial charge in [-0.2, -0.15) is 0 Å². The SMILES string of the molecule is Cc1ccc(C2=C(N3CCCCC3)C(=O)N(Cc3ccccn3)C2=O)cc1C. The second-order valence-corrected chi connectivity index (χ2v) is 7.59. The summed E-state index contributed by atoms with van der Waals surface area (Å²) in [6, 6.07) is 11.5. The summed E-state index contributed by atoms with van der Waals surface area (Å²) in [7, 11) is 0. The van der Waals surface area contributed by atoms with Crippen molar-refractivity contribution in [3.8, 4) is 0 Å². The Kier molecular flexibility index (Phi) is 4.99. The minimum atomic E-state index is -0.223. The second-order valence-electron chi connectivity index (χ2n) is 7.59. The van der Waals surface area contributed by atoms with Crippen molar-refractivity contribution < 1.29 is 9.59 Å². The number of carbonyl (C=O) groups is 2. The van der Waals surface area contributed by atoms with Crippen LogP contribution in [0.5, 0.6) is 0 Å². The van der Waals surface area contributed by atoms with E-state index in [1.165, 1.54) is 16.9 Å². The number of amides is 2. The molecule has 0 radical (unpaired) electrons. The van der Waals surface area contributed by atoms with Crippen LogP contribution in [0.25, 0.3) is 5.57 Å². The van der Waals surface area contributed by atoms with Gasteiger partial charge in [0, 0.05) is 19.3 Å². The molecule has 1 aromatic heterocycles. The van der Waals surface area contributed by atoms with Crippen molar-refractivity contribution in [3.05, 3.63) is 70.7 Å². The van der Waals surface area contributed by atoms with Crippen LogP contribution in [0.15, 0.2) is 48.3 Å². The molecule has 5 nitrogen and oxygen atoms in total. The summed E-state index contributed by atoms with van der Waals surface area (Å²) in [5.41, 5.74) is 4.92. The van der Waals surface area contributed by atoms with Crippen LogP contribution in [0, 0.1) is 13.8 Å². The number of hydrogen-bond donors (Lipinski definition) is 0. The molecule has 1 saturated heterocycles. The van der Waals surface area contributed by atoms with E-state index in [1.807, 2.05) is 50.2 Å². The van der Waals surface area contributed by atoms with Crippen LogP contribution in [0.1, 0.15) is 41.6 Å². The van der Waals surface area contributed by atoms with Crippen molar-refractivity contribution >= 4 is 17.4 Å². The van der Waals surface area contributed by atoms with Crippen LogP contribution in [0.2, 0.25) is 0 Å². The number of rotatable bonds is 4. The van der Waals surface area contributed by atoms with Crippen LogP contribution in [0.3, 0.4) is 0 Å². The number of nitrogens with zero attached hydrogens (tertiary/aromatic N) is 3. The molecule has 2 aliphatic heterocycles. The maximum absolute atomic E-state index is 13.4. The van der Waals surface area contributed by atoms with Crippen LogP contribution in [-0.2, 0) is 16.1 Å². The lowest BCUT2D eigenvalue weighted by Crippen LogP contribution is -2.37. The Bertz CT molecular complexity index is 944. The fourth-order valence-electron chi connectivity index (χ4n) is 3.93. The number of piperidine rings is 1. The summed E-state index contributed by atoms with van der Waals surface area (Å²) < 4.78 is 0. The molecule has 0 N–H and O–H groups in total. The summed E-state index contributed by atoms with van der Waals surface area (Å²) in [5, 5.41) is 0. The molecule has 0 bridgehead atoms. The maximum atomic E-state index is 13.4. The quantitative estimate of drug-likeness (QED) is 0.768. The molecule has 144 valence electrons. The molecule has 4 rings (SSSR count). The Labute approximate surface area is 165 Å². The first-order valence-corrected chi connectivity index (χ1v) is 9.89. The lowest BCUT2D eigenvalue weighted by molar-refractivity contribution is -0.138. The van der Waals surface area contributed by atoms with Crippen LogP contribution in [-0.4, -0.2) is 39.7 Å². The van der Waals surface area contributed by atoms with Crippen molar-refractivity contribution in [2.45, 2.75) is 39.7 Å². The molecule has 2 amide bonds. The molecule has 5 heteroatoms. The predicted molar refractivity (Wildman–Crippen MR) is 108 cm³/mol. The average Bonchev–Trinajstić information content (AvgIpc) is 2.96. The Balaban J connectivity index is 1.76. The normalized spacial score (nSPS) is 17.6. The van der Waals surface area contributed by atoms with Gasteiger partial charge in [0.15, 0.2) is 0 Å². The van der Waals surface area contributed by atoms with Gasteiger partial charge in [0.05, 0.1) is 17.8 Å². The number of imide groups is 1. The first kappa shape index (κ1) is 18.4. The maximum Gasteiger partial charge on any atom is 0.278 e. The van der Waals surface area contributed by atoms with Gasteiger partial charge in [-0.05, 0) is 61.9 Å². The Hall–Kier alpha value is -2.95. The minimum Gasteiger partial charge on any atom is -0.366 e. The Morgan fingerprint density at radius 3 is 2.39 bits per heavy atom. The highest BCUT2D eigenvalue weighted by molar-refractivity contribution is 6.35. The van der Waals surface area contributed by atoms with Gasteiger partial charge >= 0.3 is 0 Å². The van der Waals surface area contributed by atoms with Gasteiger partial charge in [-0.15, -0.1) is 0 Å². The summed E-state index contributed by atoms with van der Waals surface area (Å²) >= 11 is 0. The lowest BCUT2D eigenvalue weighted by Gasteiger charge is -2.29. The molecular weight excluding hydrogens is 350 g/mol. The first-order chi connectivity index (χ1) is 13.6. The minimum absolute atomic E-state index is 0.199. The summed E-state index contributed by atoms with van der Waals surface area (Å²) in [6.07, 6.45) is 4.95. The lowest BCUT2D eigenvalue weighted by atomic mass is 9.98. The number of pyridine rings is 1. The van der Waals surface area contributed by atoms with E-state index in [4.69, 9.17) is 0 Å². The Morgan fingerprint density at radius 1 is 0.929 bits per heavy atom. The zero-order valence-corrected chi connectivity index (χ0v) is 16.4. The number of carbonyl (C=O) groups excluding carboxylic acids is 2. The van der Waals surface area contributed by atoms with Crippen molar-refractivity contribution in [3.63, 3.8) is 0 Å². The predicted octanol–water partition coefficient (Wildman–Crippen LogP) is 3.46. The highest BCUT2D eigenvalue weighted by Gasteiger charge is 2.41. The summed E-state index contributed by atoms with van der Waals surface area (Å²) in [6.45, 7) is 5.92. The molecule has 2 aromatic rings. The molecule has 3 heterocycles. The van der Waals surface area contributed by atoms with E-state index in [-0.39, 0.29) is 18.4 Å². The molecule has 0 saturated carbocycles. The van der Waals surface area contributed by atoms with E-state index in [0.29, 0.717) is 17.0 Å². The van der Waals surface area contributed by atoms with Crippen molar-refractivity contribution in [2.24, 2.45) is 0 Å². The standard InChI is InChI=1S/C23H25N3O2/c1-16-9-10-18(14-17(16)2)20-21(25-12-6-3-7-13-25)23(28)26(22(20)27)15-19-8-4-5-11-24-19/h4-5,8-11,14H,3,6-7,12-13,15H2,1-2H3. The average molecular weight is 375 g/mol. The molecule has 0 spiro atoms. The molecule has 1 aromatic carbocycles. The molecule has 0 atom stereocenters. The van der Waals surface area contributed by atoms with Gasteiger partial charge < -0.3 is 4.90 Å². The van der Waals surface area contributed by atoms with E-state index in [2.05, 4.69) is 9.88 Å². The van der Waals surface area contributed by atoms with Gasteiger partial charge in [0.1, 0.15) is 5.70 Å². The molecule has 0 unspecified atom stereocenters. The molecule has 1 fully saturated rings. The van der Waals surface area contributed by atoms with Gasteiger partial charge in [-0.25, -0.2) is 0 Å². The molecular formula is C23H25N3O2. The highest BCUT2D eigenvalue weighted by Crippen LogP contribution is 2.34. The third kappa shape index (κ3) is 3.33. The highest BCUT2D eigenvalue weighted by atomic mass is 16.2. The van der Waals surface area contributed by atoms with Gasteiger partial charge in [-0.3, -0.25) is 19.5 Å². The number of benzene rings is 1. The van der Waals surface area contributed by atoms with E-state index < -0.39 is 0 Å². The van der Waals surface area contributed by atoms with E-state index in [0.717, 1.165) is 37.1 Å². The van der Waals surface area contributed by atoms with Gasteiger partial charge in [-0.1, -0.05) is 24.3 Å². The molecule has 0 aliphatic carbocycles. The third-order valence-corrected chi connectivity index (χ3v) is 5.66. The number of likely N-dealkylation sites (tertiary alicyclic amines) is 1. The number of aromatic nitrogens is 1. The fourth-order valence-corrected chi connectivity index (χ4v) is 3.93. The first-order valence-electron chi connectivity index (χ1n) is 9.89. The molecule has 2 aliphatic rings. The number of aryl methyl sites for hydroxylation is 2. The topological polar surface area (TPSA) is 53.5 Å². The fraction of sp³-hybridized carbons (Fsp3) is 0.348. The van der Waals surface area contributed by atoms with Crippen molar-refractivity contribution in [1.82, 2.24) is 14.8 Å². The van der Waals surface area contributed by atoms with Gasteiger partial charge in [0.2, 0.25) is 0 Å². The van der Waals surface area contributed by atoms with Crippen molar-refractivity contribution in [2.75, 3.05) is 13.1 Å². The van der Waals surface area contributed by atoms with E-state index in [9.17, 15) is 9.59 Å². The Morgan fingerprint density at radius 2 is 1.71 bits per heavy atom. The van der Waals surface area contributed by atoms with E-state index >= 15 is 0 Å². The van der Waals surface area contributed by atoms with Crippen molar-refractivity contribution in [1.29, 1.82) is 0 Å². The van der Waals surface area contributed by atoms with Gasteiger partial charge in [0.25, 0.3) is 11.8 Å². The number of hydrogen-bond acceptors (Lipinski definition) is 4. The van der Waals surface area contributed by atoms with Crippen LogP contribution < -0.4 is 0 Å². The second kappa shape index (κ2) is 7.58. The van der Waals surface area contributed by atoms with Crippen LogP contribution in [0.4, 0.5) is 0 Å². The third-order valence-electron chi connectivity index (χ3n) is 5.66. The zero-order chi connectivity index (χ0) is 19.7. The monoisotopic (exact) mass is 375 g/mol. The zero-order valence-electron chi connectivity index (χ0n) is 16.4. The molecule has 28 heavy (non-hydrogen) atoms. The largest absolute Gasteiger partial charge is 0.366 e. The summed E-state index contributed by atoms with van der Waals surface area (Å²) in [4.78, 5) is 34.4.